The van der Waals surface area contributed by atoms with Crippen molar-refractivity contribution in [1.29, 1.82) is 0 Å². The molecule has 5 rings (SSSR count). The molecule has 0 spiro atoms. The topological polar surface area (TPSA) is 61.9 Å². The van der Waals surface area contributed by atoms with Crippen LogP contribution in [0.2, 0.25) is 0 Å². The zero-order valence-corrected chi connectivity index (χ0v) is 16.8. The number of imidazole rings is 1. The average Bonchev–Trinajstić information content (AvgIpc) is 3.36. The normalized spacial score (nSPS) is 10.8. The summed E-state index contributed by atoms with van der Waals surface area (Å²) in [7, 11) is 0. The monoisotopic (exact) mass is 404 g/mol. The van der Waals surface area contributed by atoms with Crippen molar-refractivity contribution >= 4 is 22.5 Å². The van der Waals surface area contributed by atoms with Gasteiger partial charge in [0.15, 0.2) is 0 Å². The van der Waals surface area contributed by atoms with E-state index in [0.29, 0.717) is 17.9 Å². The average molecular weight is 404 g/mol. The first kappa shape index (κ1) is 18.8. The van der Waals surface area contributed by atoms with Crippen LogP contribution in [0.15, 0.2) is 104 Å². The standard InChI is InChI=1S/C26H20N4O/c31-26(22-15-21-9-4-5-12-24(21)29-17-22)30(18-25-27-13-14-28-25)23-11-6-10-20(16-23)19-7-2-1-3-8-19/h1-17H,18H2,(H,27,28). The summed E-state index contributed by atoms with van der Waals surface area (Å²) < 4.78 is 0. The van der Waals surface area contributed by atoms with Gasteiger partial charge >= 0.3 is 0 Å². The lowest BCUT2D eigenvalue weighted by Gasteiger charge is -2.23. The van der Waals surface area contributed by atoms with Crippen LogP contribution in [-0.2, 0) is 6.54 Å². The minimum Gasteiger partial charge on any atom is -0.347 e. The molecule has 0 aliphatic carbocycles. The van der Waals surface area contributed by atoms with Crippen molar-refractivity contribution in [3.05, 3.63) is 115 Å². The molecule has 1 amide bonds. The lowest BCUT2D eigenvalue weighted by Crippen LogP contribution is -2.31. The van der Waals surface area contributed by atoms with E-state index < -0.39 is 0 Å². The van der Waals surface area contributed by atoms with Crippen molar-refractivity contribution in [3.8, 4) is 11.1 Å². The highest BCUT2D eigenvalue weighted by molar-refractivity contribution is 6.07. The number of amides is 1. The Morgan fingerprint density at radius 1 is 0.839 bits per heavy atom. The molecule has 0 atom stereocenters. The molecule has 5 nitrogen and oxygen atoms in total. The maximum Gasteiger partial charge on any atom is 0.260 e. The van der Waals surface area contributed by atoms with E-state index in [2.05, 4.69) is 27.1 Å². The van der Waals surface area contributed by atoms with Crippen molar-refractivity contribution in [3.63, 3.8) is 0 Å². The molecular weight excluding hydrogens is 384 g/mol. The van der Waals surface area contributed by atoms with E-state index in [0.717, 1.165) is 27.7 Å². The molecule has 31 heavy (non-hydrogen) atoms. The molecule has 1 N–H and O–H groups in total. The molecule has 0 saturated carbocycles. The van der Waals surface area contributed by atoms with Gasteiger partial charge in [-0.2, -0.15) is 0 Å². The number of anilines is 1. The fourth-order valence-electron chi connectivity index (χ4n) is 3.64. The van der Waals surface area contributed by atoms with Gasteiger partial charge < -0.3 is 9.88 Å². The third kappa shape index (κ3) is 3.94. The van der Waals surface area contributed by atoms with Crippen LogP contribution in [0.1, 0.15) is 16.2 Å². The minimum absolute atomic E-state index is 0.125. The zero-order valence-electron chi connectivity index (χ0n) is 16.8. The Bertz CT molecular complexity index is 1330. The van der Waals surface area contributed by atoms with Crippen LogP contribution in [0.5, 0.6) is 0 Å². The number of fused-ring (bicyclic) bond motifs is 1. The predicted octanol–water partition coefficient (Wildman–Crippen LogP) is 5.47. The number of hydrogen-bond acceptors (Lipinski definition) is 3. The summed E-state index contributed by atoms with van der Waals surface area (Å²) in [5, 5.41) is 0.935. The van der Waals surface area contributed by atoms with Crippen LogP contribution in [0.3, 0.4) is 0 Å². The number of H-pyrrole nitrogens is 1. The number of rotatable bonds is 5. The van der Waals surface area contributed by atoms with Crippen LogP contribution in [0.4, 0.5) is 5.69 Å². The van der Waals surface area contributed by atoms with E-state index in [9.17, 15) is 4.79 Å². The highest BCUT2D eigenvalue weighted by Gasteiger charge is 2.20. The van der Waals surface area contributed by atoms with Crippen LogP contribution >= 0.6 is 0 Å². The van der Waals surface area contributed by atoms with E-state index >= 15 is 0 Å². The van der Waals surface area contributed by atoms with Gasteiger partial charge in [-0.05, 0) is 35.4 Å². The minimum atomic E-state index is -0.125. The number of nitrogens with one attached hydrogen (secondary N) is 1. The molecule has 5 heteroatoms. The number of aromatic nitrogens is 3. The van der Waals surface area contributed by atoms with Gasteiger partial charge in [0.25, 0.3) is 5.91 Å². The molecule has 0 unspecified atom stereocenters. The van der Waals surface area contributed by atoms with E-state index in [-0.39, 0.29) is 5.91 Å². The molecule has 150 valence electrons. The van der Waals surface area contributed by atoms with Gasteiger partial charge in [0.05, 0.1) is 17.6 Å². The molecule has 3 aromatic carbocycles. The molecular formula is C26H20N4O. The number of carbonyl (C=O) groups is 1. The van der Waals surface area contributed by atoms with Crippen LogP contribution < -0.4 is 4.90 Å². The van der Waals surface area contributed by atoms with E-state index in [1.807, 2.05) is 72.8 Å². The Balaban J connectivity index is 1.56. The molecule has 0 fully saturated rings. The lowest BCUT2D eigenvalue weighted by molar-refractivity contribution is 0.0984. The Kier molecular flexibility index (Phi) is 4.99. The van der Waals surface area contributed by atoms with Crippen molar-refractivity contribution < 1.29 is 4.79 Å². The second kappa shape index (κ2) is 8.24. The maximum atomic E-state index is 13.6. The molecule has 0 saturated heterocycles. The highest BCUT2D eigenvalue weighted by Crippen LogP contribution is 2.27. The van der Waals surface area contributed by atoms with E-state index in [1.54, 1.807) is 23.5 Å². The van der Waals surface area contributed by atoms with E-state index in [1.165, 1.54) is 0 Å². The first-order chi connectivity index (χ1) is 15.3. The maximum absolute atomic E-state index is 13.6. The van der Waals surface area contributed by atoms with Crippen molar-refractivity contribution in [2.75, 3.05) is 4.90 Å². The predicted molar refractivity (Wildman–Crippen MR) is 123 cm³/mol. The van der Waals surface area contributed by atoms with Crippen molar-refractivity contribution in [1.82, 2.24) is 15.0 Å². The third-order valence-corrected chi connectivity index (χ3v) is 5.21. The van der Waals surface area contributed by atoms with Gasteiger partial charge in [-0.1, -0.05) is 60.7 Å². The fraction of sp³-hybridized carbons (Fsp3) is 0.0385. The Morgan fingerprint density at radius 2 is 1.65 bits per heavy atom. The summed E-state index contributed by atoms with van der Waals surface area (Å²) in [6, 6.07) is 27.8. The largest absolute Gasteiger partial charge is 0.347 e. The first-order valence-corrected chi connectivity index (χ1v) is 10.1. The third-order valence-electron chi connectivity index (χ3n) is 5.21. The summed E-state index contributed by atoms with van der Waals surface area (Å²) >= 11 is 0. The molecule has 0 radical (unpaired) electrons. The number of pyridine rings is 1. The summed E-state index contributed by atoms with van der Waals surface area (Å²) in [4.78, 5) is 27.2. The Labute approximate surface area is 180 Å². The molecule has 0 aliphatic heterocycles. The fourth-order valence-corrected chi connectivity index (χ4v) is 3.64. The highest BCUT2D eigenvalue weighted by atomic mass is 16.2. The summed E-state index contributed by atoms with van der Waals surface area (Å²) in [6.45, 7) is 0.330. The number of aromatic amines is 1. The van der Waals surface area contributed by atoms with Gasteiger partial charge in [-0.25, -0.2) is 4.98 Å². The quantitative estimate of drug-likeness (QED) is 0.422. The first-order valence-electron chi connectivity index (χ1n) is 10.1. The second-order valence-electron chi connectivity index (χ2n) is 7.26. The van der Waals surface area contributed by atoms with Gasteiger partial charge in [0, 0.05) is 29.7 Å². The smallest absolute Gasteiger partial charge is 0.260 e. The van der Waals surface area contributed by atoms with Gasteiger partial charge in [-0.15, -0.1) is 0 Å². The van der Waals surface area contributed by atoms with Gasteiger partial charge in [0.2, 0.25) is 0 Å². The Hall–Kier alpha value is -4.25. The lowest BCUT2D eigenvalue weighted by atomic mass is 10.0. The van der Waals surface area contributed by atoms with Crippen molar-refractivity contribution in [2.24, 2.45) is 0 Å². The number of nitrogens with zero attached hydrogens (tertiary/aromatic N) is 3. The second-order valence-corrected chi connectivity index (χ2v) is 7.26. The van der Waals surface area contributed by atoms with Crippen LogP contribution in [0.25, 0.3) is 22.0 Å². The van der Waals surface area contributed by atoms with Crippen molar-refractivity contribution in [2.45, 2.75) is 6.54 Å². The number of para-hydroxylation sites is 1. The molecule has 2 aromatic heterocycles. The van der Waals surface area contributed by atoms with Gasteiger partial charge in [-0.3, -0.25) is 9.78 Å². The summed E-state index contributed by atoms with van der Waals surface area (Å²) in [6.07, 6.45) is 5.09. The SMILES string of the molecule is O=C(c1cnc2ccccc2c1)N(Cc1ncc[nH]1)c1cccc(-c2ccccc2)c1. The number of carbonyl (C=O) groups excluding carboxylic acids is 1. The summed E-state index contributed by atoms with van der Waals surface area (Å²) in [5.74, 6) is 0.590. The molecule has 0 aliphatic rings. The van der Waals surface area contributed by atoms with Crippen LogP contribution in [0, 0.1) is 0 Å². The number of benzene rings is 3. The summed E-state index contributed by atoms with van der Waals surface area (Å²) in [5.41, 5.74) is 4.35. The molecule has 5 aromatic rings. The molecule has 0 bridgehead atoms. The molecule has 2 heterocycles. The van der Waals surface area contributed by atoms with E-state index in [4.69, 9.17) is 0 Å². The van der Waals surface area contributed by atoms with Gasteiger partial charge in [0.1, 0.15) is 5.82 Å². The zero-order chi connectivity index (χ0) is 21.0. The number of hydrogen-bond donors (Lipinski definition) is 1. The van der Waals surface area contributed by atoms with Crippen LogP contribution in [-0.4, -0.2) is 20.9 Å². The Morgan fingerprint density at radius 3 is 2.48 bits per heavy atom.